The molecule has 4 aromatic rings. The van der Waals surface area contributed by atoms with Crippen molar-refractivity contribution in [2.75, 3.05) is 0 Å². The number of hydrogen-bond donors (Lipinski definition) is 0. The van der Waals surface area contributed by atoms with Crippen LogP contribution >= 0.6 is 31.9 Å². The van der Waals surface area contributed by atoms with E-state index in [9.17, 15) is 0 Å². The maximum Gasteiger partial charge on any atom is 0.160 e. The minimum absolute atomic E-state index is 0.720. The molecule has 1 aromatic heterocycles. The molecule has 0 fully saturated rings. The number of aromatic nitrogens is 2. The second kappa shape index (κ2) is 7.52. The van der Waals surface area contributed by atoms with Crippen molar-refractivity contribution < 1.29 is 0 Å². The Bertz CT molecular complexity index is 999. The number of hydrogen-bond acceptors (Lipinski definition) is 2. The SMILES string of the molecule is Brc1cccc(-c2cc(-c3cccc(Br)c3)nc(-c3ccccc3)n2)c1. The van der Waals surface area contributed by atoms with E-state index >= 15 is 0 Å². The number of halogens is 2. The van der Waals surface area contributed by atoms with Gasteiger partial charge in [-0.3, -0.25) is 0 Å². The van der Waals surface area contributed by atoms with E-state index in [1.165, 1.54) is 0 Å². The molecular formula is C22H14Br2N2. The molecule has 0 amide bonds. The molecule has 0 aliphatic carbocycles. The standard InChI is InChI=1S/C22H14Br2N2/c23-18-10-4-8-16(12-18)20-14-21(17-9-5-11-19(24)13-17)26-22(25-20)15-6-2-1-3-7-15/h1-14H. The lowest BCUT2D eigenvalue weighted by Crippen LogP contribution is -1.95. The van der Waals surface area contributed by atoms with E-state index in [-0.39, 0.29) is 0 Å². The Kier molecular flexibility index (Phi) is 4.96. The van der Waals surface area contributed by atoms with Crippen molar-refractivity contribution in [3.8, 4) is 33.9 Å². The molecule has 26 heavy (non-hydrogen) atoms. The number of nitrogens with zero attached hydrogens (tertiary/aromatic N) is 2. The second-order valence-electron chi connectivity index (χ2n) is 5.85. The van der Waals surface area contributed by atoms with Gasteiger partial charge < -0.3 is 0 Å². The summed E-state index contributed by atoms with van der Waals surface area (Å²) in [7, 11) is 0. The molecular weight excluding hydrogens is 452 g/mol. The summed E-state index contributed by atoms with van der Waals surface area (Å²) in [6, 6.07) is 28.4. The van der Waals surface area contributed by atoms with Crippen LogP contribution in [-0.4, -0.2) is 9.97 Å². The van der Waals surface area contributed by atoms with E-state index in [4.69, 9.17) is 9.97 Å². The Morgan fingerprint density at radius 3 is 1.50 bits per heavy atom. The van der Waals surface area contributed by atoms with E-state index in [2.05, 4.69) is 56.1 Å². The normalized spacial score (nSPS) is 10.7. The summed E-state index contributed by atoms with van der Waals surface area (Å²) in [5, 5.41) is 0. The van der Waals surface area contributed by atoms with E-state index < -0.39 is 0 Å². The minimum atomic E-state index is 0.720. The summed E-state index contributed by atoms with van der Waals surface area (Å²) in [4.78, 5) is 9.64. The van der Waals surface area contributed by atoms with Gasteiger partial charge in [0.05, 0.1) is 11.4 Å². The maximum atomic E-state index is 4.82. The van der Waals surface area contributed by atoms with Crippen LogP contribution in [0.3, 0.4) is 0 Å². The van der Waals surface area contributed by atoms with Gasteiger partial charge in [-0.2, -0.15) is 0 Å². The zero-order chi connectivity index (χ0) is 17.9. The van der Waals surface area contributed by atoms with Gasteiger partial charge in [-0.25, -0.2) is 9.97 Å². The van der Waals surface area contributed by atoms with Gasteiger partial charge in [0.15, 0.2) is 5.82 Å². The average molecular weight is 466 g/mol. The van der Waals surface area contributed by atoms with Crippen molar-refractivity contribution >= 4 is 31.9 Å². The van der Waals surface area contributed by atoms with Crippen LogP contribution in [0.1, 0.15) is 0 Å². The number of benzene rings is 3. The Morgan fingerprint density at radius 2 is 1.00 bits per heavy atom. The fourth-order valence-corrected chi connectivity index (χ4v) is 3.55. The molecule has 4 rings (SSSR count). The van der Waals surface area contributed by atoms with Crippen LogP contribution in [0.25, 0.3) is 33.9 Å². The van der Waals surface area contributed by atoms with E-state index in [1.807, 2.05) is 60.7 Å². The molecule has 0 saturated carbocycles. The van der Waals surface area contributed by atoms with Crippen LogP contribution < -0.4 is 0 Å². The summed E-state index contributed by atoms with van der Waals surface area (Å²) >= 11 is 7.09. The topological polar surface area (TPSA) is 25.8 Å². The Labute approximate surface area is 169 Å². The molecule has 4 heteroatoms. The summed E-state index contributed by atoms with van der Waals surface area (Å²) < 4.78 is 2.05. The maximum absolute atomic E-state index is 4.82. The predicted molar refractivity (Wildman–Crippen MR) is 114 cm³/mol. The lowest BCUT2D eigenvalue weighted by atomic mass is 10.1. The Hall–Kier alpha value is -2.30. The lowest BCUT2D eigenvalue weighted by molar-refractivity contribution is 1.18. The Morgan fingerprint density at radius 1 is 0.500 bits per heavy atom. The van der Waals surface area contributed by atoms with Crippen LogP contribution in [0.15, 0.2) is 93.9 Å². The zero-order valence-electron chi connectivity index (χ0n) is 13.7. The average Bonchev–Trinajstić information content (AvgIpc) is 2.68. The van der Waals surface area contributed by atoms with E-state index in [1.54, 1.807) is 0 Å². The van der Waals surface area contributed by atoms with Crippen molar-refractivity contribution in [1.82, 2.24) is 9.97 Å². The highest BCUT2D eigenvalue weighted by Gasteiger charge is 2.10. The van der Waals surface area contributed by atoms with Crippen molar-refractivity contribution in [3.63, 3.8) is 0 Å². The van der Waals surface area contributed by atoms with Crippen molar-refractivity contribution in [3.05, 3.63) is 93.9 Å². The van der Waals surface area contributed by atoms with Crippen molar-refractivity contribution in [2.24, 2.45) is 0 Å². The van der Waals surface area contributed by atoms with Gasteiger partial charge in [-0.05, 0) is 30.3 Å². The second-order valence-corrected chi connectivity index (χ2v) is 7.68. The molecule has 126 valence electrons. The first-order chi connectivity index (χ1) is 12.7. The summed E-state index contributed by atoms with van der Waals surface area (Å²) in [5.74, 6) is 0.720. The molecule has 0 unspecified atom stereocenters. The third-order valence-corrected chi connectivity index (χ3v) is 4.99. The minimum Gasteiger partial charge on any atom is -0.228 e. The largest absolute Gasteiger partial charge is 0.228 e. The van der Waals surface area contributed by atoms with Crippen molar-refractivity contribution in [1.29, 1.82) is 0 Å². The highest BCUT2D eigenvalue weighted by Crippen LogP contribution is 2.29. The molecule has 0 radical (unpaired) electrons. The lowest BCUT2D eigenvalue weighted by Gasteiger charge is -2.10. The highest BCUT2D eigenvalue weighted by molar-refractivity contribution is 9.10. The molecule has 0 atom stereocenters. The van der Waals surface area contributed by atoms with Crippen LogP contribution in [0.5, 0.6) is 0 Å². The molecule has 1 heterocycles. The van der Waals surface area contributed by atoms with Crippen LogP contribution in [0.2, 0.25) is 0 Å². The van der Waals surface area contributed by atoms with Crippen molar-refractivity contribution in [2.45, 2.75) is 0 Å². The first kappa shape index (κ1) is 17.1. The fraction of sp³-hybridized carbons (Fsp3) is 0. The molecule has 0 aliphatic rings. The van der Waals surface area contributed by atoms with Crippen LogP contribution in [-0.2, 0) is 0 Å². The van der Waals surface area contributed by atoms with Gasteiger partial charge in [0.1, 0.15) is 0 Å². The summed E-state index contributed by atoms with van der Waals surface area (Å²) in [5.41, 5.74) is 4.90. The van der Waals surface area contributed by atoms with Gasteiger partial charge in [0.25, 0.3) is 0 Å². The molecule has 2 nitrogen and oxygen atoms in total. The smallest absolute Gasteiger partial charge is 0.160 e. The van der Waals surface area contributed by atoms with Gasteiger partial charge >= 0.3 is 0 Å². The summed E-state index contributed by atoms with van der Waals surface area (Å²) in [6.45, 7) is 0. The van der Waals surface area contributed by atoms with Crippen LogP contribution in [0, 0.1) is 0 Å². The molecule has 0 N–H and O–H groups in total. The zero-order valence-corrected chi connectivity index (χ0v) is 16.9. The molecule has 0 saturated heterocycles. The van der Waals surface area contributed by atoms with Gasteiger partial charge in [0, 0.05) is 25.6 Å². The molecule has 0 aliphatic heterocycles. The molecule has 0 bridgehead atoms. The first-order valence-electron chi connectivity index (χ1n) is 8.15. The van der Waals surface area contributed by atoms with Gasteiger partial charge in [-0.1, -0.05) is 86.5 Å². The molecule has 3 aromatic carbocycles. The monoisotopic (exact) mass is 464 g/mol. The highest BCUT2D eigenvalue weighted by atomic mass is 79.9. The van der Waals surface area contributed by atoms with Crippen LogP contribution in [0.4, 0.5) is 0 Å². The summed E-state index contributed by atoms with van der Waals surface area (Å²) in [6.07, 6.45) is 0. The van der Waals surface area contributed by atoms with Gasteiger partial charge in [-0.15, -0.1) is 0 Å². The molecule has 0 spiro atoms. The fourth-order valence-electron chi connectivity index (χ4n) is 2.75. The third kappa shape index (κ3) is 3.76. The van der Waals surface area contributed by atoms with Gasteiger partial charge in [0.2, 0.25) is 0 Å². The first-order valence-corrected chi connectivity index (χ1v) is 9.74. The Balaban J connectivity index is 1.93. The van der Waals surface area contributed by atoms with E-state index in [0.29, 0.717) is 0 Å². The van der Waals surface area contributed by atoms with E-state index in [0.717, 1.165) is 42.8 Å². The predicted octanol–water partition coefficient (Wildman–Crippen LogP) is 7.00. The quantitative estimate of drug-likeness (QED) is 0.325. The third-order valence-electron chi connectivity index (χ3n) is 4.00. The number of rotatable bonds is 3.